The topological polar surface area (TPSA) is 6.48 Å². The van der Waals surface area contributed by atoms with E-state index in [-0.39, 0.29) is 6.17 Å². The largest absolute Gasteiger partial charge is 0.352 e. The number of anilines is 1. The van der Waals surface area contributed by atoms with Crippen molar-refractivity contribution in [3.63, 3.8) is 0 Å². The normalized spacial score (nSPS) is 20.1. The van der Waals surface area contributed by atoms with Crippen molar-refractivity contribution in [2.75, 3.05) is 25.0 Å². The van der Waals surface area contributed by atoms with E-state index in [2.05, 4.69) is 59.3 Å². The molecule has 0 aromatic heterocycles. The molecule has 1 fully saturated rings. The predicted molar refractivity (Wildman–Crippen MR) is 85.2 cm³/mol. The minimum atomic E-state index is 0.281. The van der Waals surface area contributed by atoms with Crippen molar-refractivity contribution in [2.24, 2.45) is 0 Å². The average molecular weight is 287 g/mol. The van der Waals surface area contributed by atoms with E-state index in [0.29, 0.717) is 0 Å². The number of nitrogens with zero attached hydrogens (tertiary/aromatic N) is 2. The van der Waals surface area contributed by atoms with Gasteiger partial charge in [0.2, 0.25) is 0 Å². The van der Waals surface area contributed by atoms with Gasteiger partial charge in [-0.25, -0.2) is 0 Å². The van der Waals surface area contributed by atoms with Gasteiger partial charge in [0.25, 0.3) is 0 Å². The standard InChI is InChI=1S/C17H19ClN2/c1-19-12-5-13-20(16-6-3-2-4-7-16)17(19)14-8-10-15(18)11-9-14/h2-4,6-11,17H,5,12-13H2,1H3. The molecule has 1 saturated heterocycles. The van der Waals surface area contributed by atoms with Gasteiger partial charge in [-0.1, -0.05) is 41.9 Å². The lowest BCUT2D eigenvalue weighted by Crippen LogP contribution is -2.46. The van der Waals surface area contributed by atoms with Gasteiger partial charge in [0.1, 0.15) is 6.17 Å². The number of hydrogen-bond donors (Lipinski definition) is 0. The fourth-order valence-corrected chi connectivity index (χ4v) is 3.06. The summed E-state index contributed by atoms with van der Waals surface area (Å²) in [5, 5.41) is 0.790. The van der Waals surface area contributed by atoms with Crippen LogP contribution in [0, 0.1) is 0 Å². The Balaban J connectivity index is 1.97. The minimum absolute atomic E-state index is 0.281. The highest BCUT2D eigenvalue weighted by Gasteiger charge is 2.28. The Bertz CT molecular complexity index is 553. The van der Waals surface area contributed by atoms with E-state index in [1.54, 1.807) is 0 Å². The maximum Gasteiger partial charge on any atom is 0.108 e. The Kier molecular flexibility index (Phi) is 3.95. The van der Waals surface area contributed by atoms with Crippen molar-refractivity contribution in [2.45, 2.75) is 12.6 Å². The molecule has 3 heteroatoms. The lowest BCUT2D eigenvalue weighted by Gasteiger charge is -2.44. The van der Waals surface area contributed by atoms with Gasteiger partial charge in [0.05, 0.1) is 0 Å². The predicted octanol–water partition coefficient (Wildman–Crippen LogP) is 4.18. The first kappa shape index (κ1) is 13.5. The molecule has 1 aliphatic heterocycles. The van der Waals surface area contributed by atoms with Gasteiger partial charge >= 0.3 is 0 Å². The number of hydrogen-bond acceptors (Lipinski definition) is 2. The van der Waals surface area contributed by atoms with Gasteiger partial charge in [0.15, 0.2) is 0 Å². The molecule has 2 aromatic carbocycles. The van der Waals surface area contributed by atoms with E-state index in [4.69, 9.17) is 11.6 Å². The average Bonchev–Trinajstić information content (AvgIpc) is 2.49. The molecule has 0 spiro atoms. The summed E-state index contributed by atoms with van der Waals surface area (Å²) in [5.74, 6) is 0. The van der Waals surface area contributed by atoms with Gasteiger partial charge in [0, 0.05) is 23.8 Å². The second kappa shape index (κ2) is 5.86. The van der Waals surface area contributed by atoms with Crippen LogP contribution < -0.4 is 4.90 Å². The molecule has 20 heavy (non-hydrogen) atoms. The molecular weight excluding hydrogens is 268 g/mol. The third-order valence-electron chi connectivity index (χ3n) is 3.88. The van der Waals surface area contributed by atoms with Crippen LogP contribution in [0.4, 0.5) is 5.69 Å². The summed E-state index contributed by atoms with van der Waals surface area (Å²) >= 11 is 6.01. The highest BCUT2D eigenvalue weighted by atomic mass is 35.5. The van der Waals surface area contributed by atoms with Crippen LogP contribution in [0.2, 0.25) is 5.02 Å². The monoisotopic (exact) mass is 286 g/mol. The Morgan fingerprint density at radius 3 is 2.35 bits per heavy atom. The van der Waals surface area contributed by atoms with E-state index < -0.39 is 0 Å². The van der Waals surface area contributed by atoms with Crippen molar-refractivity contribution < 1.29 is 0 Å². The summed E-state index contributed by atoms with van der Waals surface area (Å²) in [6.45, 7) is 2.21. The molecule has 0 radical (unpaired) electrons. The van der Waals surface area contributed by atoms with E-state index in [1.165, 1.54) is 17.7 Å². The Morgan fingerprint density at radius 1 is 0.950 bits per heavy atom. The summed E-state index contributed by atoms with van der Waals surface area (Å²) < 4.78 is 0. The van der Waals surface area contributed by atoms with Crippen LogP contribution in [0.25, 0.3) is 0 Å². The van der Waals surface area contributed by atoms with Crippen LogP contribution in [0.15, 0.2) is 54.6 Å². The second-order valence-electron chi connectivity index (χ2n) is 5.29. The molecule has 1 aliphatic rings. The van der Waals surface area contributed by atoms with Crippen molar-refractivity contribution >= 4 is 17.3 Å². The summed E-state index contributed by atoms with van der Waals surface area (Å²) in [4.78, 5) is 4.87. The van der Waals surface area contributed by atoms with Gasteiger partial charge in [-0.05, 0) is 43.3 Å². The van der Waals surface area contributed by atoms with Crippen molar-refractivity contribution in [3.8, 4) is 0 Å². The fourth-order valence-electron chi connectivity index (χ4n) is 2.93. The quantitative estimate of drug-likeness (QED) is 0.817. The SMILES string of the molecule is CN1CCCN(c2ccccc2)C1c1ccc(Cl)cc1. The van der Waals surface area contributed by atoms with Crippen LogP contribution in [-0.2, 0) is 0 Å². The summed E-state index contributed by atoms with van der Waals surface area (Å²) in [5.41, 5.74) is 2.57. The van der Waals surface area contributed by atoms with Gasteiger partial charge in [-0.2, -0.15) is 0 Å². The summed E-state index contributed by atoms with van der Waals surface area (Å²) in [7, 11) is 2.19. The van der Waals surface area contributed by atoms with E-state index in [9.17, 15) is 0 Å². The molecule has 3 rings (SSSR count). The van der Waals surface area contributed by atoms with Crippen LogP contribution in [0.3, 0.4) is 0 Å². The molecule has 1 unspecified atom stereocenters. The molecule has 0 amide bonds. The maximum atomic E-state index is 6.01. The van der Waals surface area contributed by atoms with Crippen LogP contribution in [0.1, 0.15) is 18.2 Å². The smallest absolute Gasteiger partial charge is 0.108 e. The number of benzene rings is 2. The first-order valence-electron chi connectivity index (χ1n) is 7.03. The molecule has 2 aromatic rings. The zero-order chi connectivity index (χ0) is 13.9. The highest BCUT2D eigenvalue weighted by Crippen LogP contribution is 2.32. The molecule has 2 nitrogen and oxygen atoms in total. The Labute approximate surface area is 125 Å². The number of rotatable bonds is 2. The van der Waals surface area contributed by atoms with Gasteiger partial charge in [-0.15, -0.1) is 0 Å². The number of para-hydroxylation sites is 1. The van der Waals surface area contributed by atoms with Crippen LogP contribution >= 0.6 is 11.6 Å². The molecule has 0 bridgehead atoms. The van der Waals surface area contributed by atoms with E-state index in [1.807, 2.05) is 12.1 Å². The number of halogens is 1. The molecule has 104 valence electrons. The Morgan fingerprint density at radius 2 is 1.65 bits per heavy atom. The summed E-state index contributed by atoms with van der Waals surface area (Å²) in [6.07, 6.45) is 1.47. The molecule has 0 N–H and O–H groups in total. The van der Waals surface area contributed by atoms with Gasteiger partial charge < -0.3 is 4.90 Å². The Hall–Kier alpha value is -1.51. The lowest BCUT2D eigenvalue weighted by atomic mass is 10.1. The van der Waals surface area contributed by atoms with E-state index in [0.717, 1.165) is 18.1 Å². The molecular formula is C17H19ClN2. The second-order valence-corrected chi connectivity index (χ2v) is 5.72. The third kappa shape index (κ3) is 2.67. The highest BCUT2D eigenvalue weighted by molar-refractivity contribution is 6.30. The molecule has 1 atom stereocenters. The first-order valence-corrected chi connectivity index (χ1v) is 7.41. The van der Waals surface area contributed by atoms with Crippen LogP contribution in [0.5, 0.6) is 0 Å². The maximum absolute atomic E-state index is 6.01. The van der Waals surface area contributed by atoms with Crippen molar-refractivity contribution in [1.29, 1.82) is 0 Å². The molecule has 0 saturated carbocycles. The third-order valence-corrected chi connectivity index (χ3v) is 4.13. The molecule has 1 heterocycles. The molecule has 0 aliphatic carbocycles. The zero-order valence-electron chi connectivity index (χ0n) is 11.7. The summed E-state index contributed by atoms with van der Waals surface area (Å²) in [6, 6.07) is 18.8. The van der Waals surface area contributed by atoms with E-state index >= 15 is 0 Å². The minimum Gasteiger partial charge on any atom is -0.352 e. The fraction of sp³-hybridized carbons (Fsp3) is 0.294. The van der Waals surface area contributed by atoms with Crippen molar-refractivity contribution in [1.82, 2.24) is 4.90 Å². The lowest BCUT2D eigenvalue weighted by molar-refractivity contribution is 0.201. The van der Waals surface area contributed by atoms with Crippen LogP contribution in [-0.4, -0.2) is 25.0 Å². The van der Waals surface area contributed by atoms with Gasteiger partial charge in [-0.3, -0.25) is 4.90 Å². The first-order chi connectivity index (χ1) is 9.75. The van der Waals surface area contributed by atoms with Crippen molar-refractivity contribution in [3.05, 3.63) is 65.2 Å². The zero-order valence-corrected chi connectivity index (χ0v) is 12.4.